The second-order valence-electron chi connectivity index (χ2n) is 4.00. The Labute approximate surface area is 101 Å². The first-order valence-corrected chi connectivity index (χ1v) is 6.05. The zero-order valence-electron chi connectivity index (χ0n) is 9.16. The molecule has 0 saturated heterocycles. The van der Waals surface area contributed by atoms with Gasteiger partial charge < -0.3 is 10.5 Å². The van der Waals surface area contributed by atoms with Crippen LogP contribution in [-0.2, 0) is 12.8 Å². The minimum Gasteiger partial charge on any atom is -0.492 e. The van der Waals surface area contributed by atoms with E-state index in [0.29, 0.717) is 12.5 Å². The molecule has 2 N–H and O–H groups in total. The van der Waals surface area contributed by atoms with Crippen molar-refractivity contribution in [2.45, 2.75) is 18.9 Å². The Hall–Kier alpha value is -0.990. The van der Waals surface area contributed by atoms with Crippen LogP contribution < -0.4 is 10.5 Å². The van der Waals surface area contributed by atoms with Crippen molar-refractivity contribution in [3.8, 4) is 5.75 Å². The number of allylic oxidation sites excluding steroid dienone is 2. The normalized spacial score (nSPS) is 15.6. The van der Waals surface area contributed by atoms with E-state index in [2.05, 4.69) is 18.2 Å². The second-order valence-corrected chi connectivity index (χ2v) is 4.31. The van der Waals surface area contributed by atoms with Crippen LogP contribution in [0.1, 0.15) is 11.1 Å². The Morgan fingerprint density at radius 1 is 1.31 bits per heavy atom. The van der Waals surface area contributed by atoms with Gasteiger partial charge in [0.1, 0.15) is 12.4 Å². The van der Waals surface area contributed by atoms with Gasteiger partial charge in [-0.25, -0.2) is 0 Å². The number of rotatable bonds is 4. The van der Waals surface area contributed by atoms with Gasteiger partial charge in [0.15, 0.2) is 0 Å². The van der Waals surface area contributed by atoms with Crippen molar-refractivity contribution in [3.63, 3.8) is 0 Å². The Morgan fingerprint density at radius 3 is 2.94 bits per heavy atom. The zero-order valence-corrected chi connectivity index (χ0v) is 9.91. The number of halogens is 1. The molecule has 1 unspecified atom stereocenters. The summed E-state index contributed by atoms with van der Waals surface area (Å²) < 4.78 is 5.71. The number of ether oxygens (including phenoxy) is 1. The summed E-state index contributed by atoms with van der Waals surface area (Å²) in [6.45, 7) is 0.476. The maximum Gasteiger partial charge on any atom is 0.123 e. The minimum atomic E-state index is -0.100. The van der Waals surface area contributed by atoms with E-state index < -0.39 is 0 Å². The molecule has 0 amide bonds. The topological polar surface area (TPSA) is 35.2 Å². The lowest BCUT2D eigenvalue weighted by Gasteiger charge is -2.17. The highest BCUT2D eigenvalue weighted by atomic mass is 35.5. The van der Waals surface area contributed by atoms with E-state index in [1.54, 1.807) is 0 Å². The third kappa shape index (κ3) is 2.57. The van der Waals surface area contributed by atoms with Crippen molar-refractivity contribution >= 4 is 11.6 Å². The maximum absolute atomic E-state index is 5.73. The van der Waals surface area contributed by atoms with Gasteiger partial charge in [0.05, 0.1) is 6.04 Å². The molecule has 0 bridgehead atoms. The third-order valence-corrected chi connectivity index (χ3v) is 3.10. The van der Waals surface area contributed by atoms with Crippen LogP contribution in [0.4, 0.5) is 0 Å². The largest absolute Gasteiger partial charge is 0.492 e. The van der Waals surface area contributed by atoms with Gasteiger partial charge in [0.25, 0.3) is 0 Å². The molecule has 1 aliphatic rings. The van der Waals surface area contributed by atoms with Crippen molar-refractivity contribution in [2.24, 2.45) is 5.73 Å². The molecule has 0 aliphatic heterocycles. The standard InChI is InChI=1S/C13H16ClNO/c14-8-11(15)9-16-13-7-3-5-10-4-1-2-6-12(10)13/h1-3,5,7,11H,4,6,8-9,15H2. The molecule has 0 spiro atoms. The second kappa shape index (κ2) is 5.37. The van der Waals surface area contributed by atoms with Crippen LogP contribution in [0.2, 0.25) is 0 Å². The number of hydrogen-bond acceptors (Lipinski definition) is 2. The highest BCUT2D eigenvalue weighted by Gasteiger charge is 2.11. The average Bonchev–Trinajstić information content (AvgIpc) is 2.35. The van der Waals surface area contributed by atoms with Crippen molar-refractivity contribution in [3.05, 3.63) is 41.5 Å². The van der Waals surface area contributed by atoms with Crippen molar-refractivity contribution < 1.29 is 4.74 Å². The molecule has 0 radical (unpaired) electrons. The first-order valence-electron chi connectivity index (χ1n) is 5.51. The van der Waals surface area contributed by atoms with Gasteiger partial charge in [-0.05, 0) is 24.5 Å². The van der Waals surface area contributed by atoms with Crippen molar-refractivity contribution in [1.82, 2.24) is 0 Å². The van der Waals surface area contributed by atoms with Gasteiger partial charge in [-0.3, -0.25) is 0 Å². The predicted octanol–water partition coefficient (Wildman–Crippen LogP) is 2.29. The molecule has 3 heteroatoms. The van der Waals surface area contributed by atoms with Gasteiger partial charge >= 0.3 is 0 Å². The lowest BCUT2D eigenvalue weighted by molar-refractivity contribution is 0.294. The summed E-state index contributed by atoms with van der Waals surface area (Å²) in [5.74, 6) is 1.37. The van der Waals surface area contributed by atoms with Crippen molar-refractivity contribution in [1.29, 1.82) is 0 Å². The fraction of sp³-hybridized carbons (Fsp3) is 0.385. The molecule has 86 valence electrons. The molecule has 0 heterocycles. The lowest BCUT2D eigenvalue weighted by atomic mass is 9.96. The summed E-state index contributed by atoms with van der Waals surface area (Å²) in [4.78, 5) is 0. The third-order valence-electron chi connectivity index (χ3n) is 2.71. The first-order chi connectivity index (χ1) is 7.81. The number of benzene rings is 1. The minimum absolute atomic E-state index is 0.100. The fourth-order valence-electron chi connectivity index (χ4n) is 1.82. The zero-order chi connectivity index (χ0) is 11.4. The van der Waals surface area contributed by atoms with Gasteiger partial charge in [-0.1, -0.05) is 24.3 Å². The summed E-state index contributed by atoms with van der Waals surface area (Å²) in [6, 6.07) is 6.07. The van der Waals surface area contributed by atoms with Crippen LogP contribution in [0.15, 0.2) is 30.4 Å². The van der Waals surface area contributed by atoms with Gasteiger partial charge in [0, 0.05) is 11.4 Å². The molecule has 16 heavy (non-hydrogen) atoms. The number of nitrogens with two attached hydrogens (primary N) is 1. The lowest BCUT2D eigenvalue weighted by Crippen LogP contribution is -2.29. The molecule has 0 fully saturated rings. The Balaban J connectivity index is 2.10. The SMILES string of the molecule is NC(CCl)COc1cccc2c1CC=CC2. The fourth-order valence-corrected chi connectivity index (χ4v) is 1.91. The van der Waals surface area contributed by atoms with E-state index in [4.69, 9.17) is 22.1 Å². The van der Waals surface area contributed by atoms with Crippen LogP contribution in [0.25, 0.3) is 0 Å². The van der Waals surface area contributed by atoms with E-state index in [1.807, 2.05) is 12.1 Å². The Morgan fingerprint density at radius 2 is 2.12 bits per heavy atom. The molecule has 0 saturated carbocycles. The van der Waals surface area contributed by atoms with Gasteiger partial charge in [-0.15, -0.1) is 11.6 Å². The summed E-state index contributed by atoms with van der Waals surface area (Å²) in [5, 5.41) is 0. The van der Waals surface area contributed by atoms with Gasteiger partial charge in [0.2, 0.25) is 0 Å². The number of fused-ring (bicyclic) bond motifs is 1. The van der Waals surface area contributed by atoms with Crippen LogP contribution in [0, 0.1) is 0 Å². The van der Waals surface area contributed by atoms with E-state index in [0.717, 1.165) is 18.6 Å². The molecule has 0 aromatic heterocycles. The summed E-state index contributed by atoms with van der Waals surface area (Å²) in [7, 11) is 0. The number of alkyl halides is 1. The van der Waals surface area contributed by atoms with Crippen LogP contribution in [-0.4, -0.2) is 18.5 Å². The molecular formula is C13H16ClNO. The molecule has 2 rings (SSSR count). The summed E-state index contributed by atoms with van der Waals surface area (Å²) >= 11 is 5.65. The van der Waals surface area contributed by atoms with Gasteiger partial charge in [-0.2, -0.15) is 0 Å². The van der Waals surface area contributed by atoms with E-state index >= 15 is 0 Å². The van der Waals surface area contributed by atoms with E-state index in [-0.39, 0.29) is 6.04 Å². The maximum atomic E-state index is 5.73. The highest BCUT2D eigenvalue weighted by Crippen LogP contribution is 2.26. The van der Waals surface area contributed by atoms with Crippen molar-refractivity contribution in [2.75, 3.05) is 12.5 Å². The predicted molar refractivity (Wildman–Crippen MR) is 67.2 cm³/mol. The first kappa shape index (κ1) is 11.5. The average molecular weight is 238 g/mol. The highest BCUT2D eigenvalue weighted by molar-refractivity contribution is 6.18. The summed E-state index contributed by atoms with van der Waals surface area (Å²) in [6.07, 6.45) is 6.31. The molecule has 1 aromatic carbocycles. The molecule has 1 aromatic rings. The van der Waals surface area contributed by atoms with Crippen LogP contribution in [0.5, 0.6) is 5.75 Å². The Bertz CT molecular complexity index is 390. The smallest absolute Gasteiger partial charge is 0.123 e. The summed E-state index contributed by atoms with van der Waals surface area (Å²) in [5.41, 5.74) is 8.36. The van der Waals surface area contributed by atoms with Crippen LogP contribution >= 0.6 is 11.6 Å². The van der Waals surface area contributed by atoms with E-state index in [9.17, 15) is 0 Å². The monoisotopic (exact) mass is 237 g/mol. The van der Waals surface area contributed by atoms with Crippen LogP contribution in [0.3, 0.4) is 0 Å². The number of hydrogen-bond donors (Lipinski definition) is 1. The van der Waals surface area contributed by atoms with E-state index in [1.165, 1.54) is 11.1 Å². The Kier molecular flexibility index (Phi) is 3.86. The molecule has 1 atom stereocenters. The quantitative estimate of drug-likeness (QED) is 0.644. The molecular weight excluding hydrogens is 222 g/mol. The molecule has 2 nitrogen and oxygen atoms in total. The molecule has 1 aliphatic carbocycles.